The highest BCUT2D eigenvalue weighted by Gasteiger charge is 2.38. The number of hydrogen-bond donors (Lipinski definition) is 1. The molecule has 4 amide bonds. The number of nitrogens with zero attached hydrogens (tertiary/aromatic N) is 2. The van der Waals surface area contributed by atoms with E-state index in [0.29, 0.717) is 45.0 Å². The van der Waals surface area contributed by atoms with Crippen molar-refractivity contribution in [1.29, 1.82) is 5.26 Å². The van der Waals surface area contributed by atoms with Gasteiger partial charge in [-0.25, -0.2) is 9.69 Å². The molecule has 1 saturated heterocycles. The molecule has 0 saturated carbocycles. The van der Waals surface area contributed by atoms with Gasteiger partial charge in [0.1, 0.15) is 23.7 Å². The molecular weight excluding hydrogens is 594 g/mol. The second-order valence-electron chi connectivity index (χ2n) is 8.55. The maximum absolute atomic E-state index is 13.6. The first-order chi connectivity index (χ1) is 19.8. The fraction of sp³-hybridized carbons (Fsp3) is 0.200. The zero-order valence-electron chi connectivity index (χ0n) is 22.5. The van der Waals surface area contributed by atoms with E-state index in [0.717, 1.165) is 4.90 Å². The molecule has 1 aliphatic heterocycles. The average molecular weight is 620 g/mol. The number of methoxy groups -OCH3 is 1. The summed E-state index contributed by atoms with van der Waals surface area (Å²) in [6, 6.07) is 16.3. The summed E-state index contributed by atoms with van der Waals surface area (Å²) in [5.74, 6) is -0.295. The number of ether oxygens (including phenoxy) is 4. The Balaban J connectivity index is 1.68. The lowest BCUT2D eigenvalue weighted by atomic mass is 10.1. The number of barbiturate groups is 1. The Morgan fingerprint density at radius 1 is 0.976 bits per heavy atom. The number of carbonyl (C=O) groups is 3. The van der Waals surface area contributed by atoms with Gasteiger partial charge in [0.2, 0.25) is 0 Å². The molecule has 1 fully saturated rings. The number of imide groups is 2. The van der Waals surface area contributed by atoms with E-state index in [1.807, 2.05) is 13.0 Å². The van der Waals surface area contributed by atoms with Crippen LogP contribution in [0.3, 0.4) is 0 Å². The highest BCUT2D eigenvalue weighted by Crippen LogP contribution is 2.39. The van der Waals surface area contributed by atoms with E-state index in [4.69, 9.17) is 18.9 Å². The average Bonchev–Trinajstić information content (AvgIpc) is 2.96. The summed E-state index contributed by atoms with van der Waals surface area (Å²) in [5.41, 5.74) is 1.48. The van der Waals surface area contributed by atoms with Gasteiger partial charge in [0.15, 0.2) is 11.5 Å². The molecule has 0 aromatic heterocycles. The third kappa shape index (κ3) is 6.34. The summed E-state index contributed by atoms with van der Waals surface area (Å²) < 4.78 is 23.1. The molecule has 4 rings (SSSR count). The Morgan fingerprint density at radius 2 is 1.73 bits per heavy atom. The van der Waals surface area contributed by atoms with Crippen LogP contribution < -0.4 is 29.2 Å². The van der Waals surface area contributed by atoms with Crippen LogP contribution in [0.2, 0.25) is 0 Å². The zero-order valence-corrected chi connectivity index (χ0v) is 24.1. The van der Waals surface area contributed by atoms with Crippen molar-refractivity contribution in [2.45, 2.75) is 20.5 Å². The second-order valence-corrected chi connectivity index (χ2v) is 9.40. The lowest BCUT2D eigenvalue weighted by Crippen LogP contribution is -2.54. The first kappa shape index (κ1) is 29.2. The molecule has 10 nitrogen and oxygen atoms in total. The molecule has 41 heavy (non-hydrogen) atoms. The summed E-state index contributed by atoms with van der Waals surface area (Å²) >= 11 is 3.47. The quantitative estimate of drug-likeness (QED) is 0.237. The highest BCUT2D eigenvalue weighted by atomic mass is 79.9. The molecule has 0 atom stereocenters. The molecular formula is C30H26BrN3O7. The monoisotopic (exact) mass is 619 g/mol. The number of amides is 4. The first-order valence-electron chi connectivity index (χ1n) is 12.6. The van der Waals surface area contributed by atoms with Gasteiger partial charge >= 0.3 is 6.03 Å². The van der Waals surface area contributed by atoms with Crippen molar-refractivity contribution < 1.29 is 33.3 Å². The third-order valence-corrected chi connectivity index (χ3v) is 6.55. The number of hydrogen-bond acceptors (Lipinski definition) is 8. The lowest BCUT2D eigenvalue weighted by Gasteiger charge is -2.28. The number of rotatable bonds is 10. The van der Waals surface area contributed by atoms with Crippen molar-refractivity contribution in [2.24, 2.45) is 0 Å². The van der Waals surface area contributed by atoms with Crippen LogP contribution in [0.1, 0.15) is 30.5 Å². The summed E-state index contributed by atoms with van der Waals surface area (Å²) in [6.45, 7) is 4.35. The molecule has 0 radical (unpaired) electrons. The van der Waals surface area contributed by atoms with E-state index in [1.165, 1.54) is 19.3 Å². The highest BCUT2D eigenvalue weighted by molar-refractivity contribution is 9.10. The first-order valence-corrected chi connectivity index (χ1v) is 13.4. The standard InChI is InChI=1S/C30H26BrN3O7/c1-4-39-21-10-11-25(40-5-2)24(15-21)34-29(36)22(28(35)33-30(34)37)12-18-13-23(31)27(26(14-18)38-3)41-17-20-9-7-6-8-19(20)16-32/h6-15H,4-5,17H2,1-3H3,(H,33,35,37)/b22-12+. The summed E-state index contributed by atoms with van der Waals surface area (Å²) in [6.07, 6.45) is 1.35. The molecule has 3 aromatic rings. The minimum atomic E-state index is -0.910. The van der Waals surface area contributed by atoms with Crippen LogP contribution in [0.25, 0.3) is 6.08 Å². The van der Waals surface area contributed by atoms with E-state index in [-0.39, 0.29) is 30.2 Å². The van der Waals surface area contributed by atoms with Crippen LogP contribution >= 0.6 is 15.9 Å². The number of anilines is 1. The Bertz CT molecular complexity index is 1580. The molecule has 0 spiro atoms. The summed E-state index contributed by atoms with van der Waals surface area (Å²) in [7, 11) is 1.45. The van der Waals surface area contributed by atoms with Gasteiger partial charge in [0.25, 0.3) is 11.8 Å². The molecule has 1 N–H and O–H groups in total. The normalized spacial score (nSPS) is 14.0. The largest absolute Gasteiger partial charge is 0.494 e. The Kier molecular flexibility index (Phi) is 9.26. The van der Waals surface area contributed by atoms with Crippen LogP contribution in [0, 0.1) is 11.3 Å². The van der Waals surface area contributed by atoms with Gasteiger partial charge in [-0.2, -0.15) is 5.26 Å². The molecule has 210 valence electrons. The van der Waals surface area contributed by atoms with Crippen molar-refractivity contribution in [3.63, 3.8) is 0 Å². The number of urea groups is 1. The summed E-state index contributed by atoms with van der Waals surface area (Å²) in [5, 5.41) is 11.6. The van der Waals surface area contributed by atoms with E-state index >= 15 is 0 Å². The lowest BCUT2D eigenvalue weighted by molar-refractivity contribution is -0.122. The van der Waals surface area contributed by atoms with Gasteiger partial charge in [-0.1, -0.05) is 18.2 Å². The topological polar surface area (TPSA) is 127 Å². The molecule has 1 heterocycles. The van der Waals surface area contributed by atoms with Crippen molar-refractivity contribution in [3.8, 4) is 29.1 Å². The number of carbonyl (C=O) groups excluding carboxylic acids is 3. The molecule has 0 aliphatic carbocycles. The molecule has 0 bridgehead atoms. The van der Waals surface area contributed by atoms with E-state index in [1.54, 1.807) is 49.4 Å². The Morgan fingerprint density at radius 3 is 2.44 bits per heavy atom. The van der Waals surface area contributed by atoms with Crippen molar-refractivity contribution >= 4 is 45.5 Å². The van der Waals surface area contributed by atoms with Gasteiger partial charge in [0.05, 0.1) is 42.1 Å². The fourth-order valence-corrected chi connectivity index (χ4v) is 4.69. The Labute approximate surface area is 245 Å². The van der Waals surface area contributed by atoms with Crippen LogP contribution in [-0.4, -0.2) is 38.2 Å². The van der Waals surface area contributed by atoms with Crippen LogP contribution in [0.15, 0.2) is 64.6 Å². The smallest absolute Gasteiger partial charge is 0.336 e. The fourth-order valence-electron chi connectivity index (χ4n) is 4.12. The molecule has 3 aromatic carbocycles. The number of halogens is 1. The number of nitrogens with one attached hydrogen (secondary N) is 1. The predicted octanol–water partition coefficient (Wildman–Crippen LogP) is 5.37. The second kappa shape index (κ2) is 13.0. The SMILES string of the molecule is CCOc1ccc(OCC)c(N2C(=O)NC(=O)/C(=C\c3cc(Br)c(OCc4ccccc4C#N)c(OC)c3)C2=O)c1. The third-order valence-electron chi connectivity index (χ3n) is 5.96. The number of nitriles is 1. The van der Waals surface area contributed by atoms with Crippen molar-refractivity contribution in [1.82, 2.24) is 5.32 Å². The van der Waals surface area contributed by atoms with Gasteiger partial charge in [-0.15, -0.1) is 0 Å². The molecule has 1 aliphatic rings. The van der Waals surface area contributed by atoms with Crippen LogP contribution in [0.4, 0.5) is 10.5 Å². The van der Waals surface area contributed by atoms with Crippen LogP contribution in [0.5, 0.6) is 23.0 Å². The predicted molar refractivity (Wildman–Crippen MR) is 154 cm³/mol. The van der Waals surface area contributed by atoms with Gasteiger partial charge in [-0.3, -0.25) is 14.9 Å². The zero-order chi connectivity index (χ0) is 29.5. The van der Waals surface area contributed by atoms with Gasteiger partial charge in [0, 0.05) is 11.6 Å². The maximum Gasteiger partial charge on any atom is 0.336 e. The van der Waals surface area contributed by atoms with E-state index in [9.17, 15) is 19.6 Å². The van der Waals surface area contributed by atoms with Gasteiger partial charge in [-0.05, 0) is 71.7 Å². The maximum atomic E-state index is 13.6. The molecule has 11 heteroatoms. The van der Waals surface area contributed by atoms with E-state index < -0.39 is 17.8 Å². The molecule has 0 unspecified atom stereocenters. The van der Waals surface area contributed by atoms with Crippen molar-refractivity contribution in [3.05, 3.63) is 81.3 Å². The Hall–Kier alpha value is -4.82. The number of benzene rings is 3. The van der Waals surface area contributed by atoms with E-state index in [2.05, 4.69) is 27.3 Å². The van der Waals surface area contributed by atoms with Crippen LogP contribution in [-0.2, 0) is 16.2 Å². The minimum absolute atomic E-state index is 0.111. The van der Waals surface area contributed by atoms with Gasteiger partial charge < -0.3 is 18.9 Å². The minimum Gasteiger partial charge on any atom is -0.494 e. The van der Waals surface area contributed by atoms with Crippen molar-refractivity contribution in [2.75, 3.05) is 25.2 Å². The summed E-state index contributed by atoms with van der Waals surface area (Å²) in [4.78, 5) is 40.1.